The van der Waals surface area contributed by atoms with E-state index >= 15 is 0 Å². The molecule has 1 aromatic heterocycles. The Bertz CT molecular complexity index is 826. The fourth-order valence-corrected chi connectivity index (χ4v) is 3.14. The Balaban J connectivity index is 1.77. The summed E-state index contributed by atoms with van der Waals surface area (Å²) in [7, 11) is 3.16. The topological polar surface area (TPSA) is 112 Å². The third-order valence-electron chi connectivity index (χ3n) is 4.47. The molecule has 0 aliphatic carbocycles. The smallest absolute Gasteiger partial charge is 0.353 e. The van der Waals surface area contributed by atoms with Gasteiger partial charge in [-0.3, -0.25) is 10.1 Å². The first-order chi connectivity index (χ1) is 13.7. The van der Waals surface area contributed by atoms with E-state index in [9.17, 15) is 10.1 Å². The van der Waals surface area contributed by atoms with Crippen LogP contribution in [0.2, 0.25) is 0 Å². The highest BCUT2D eigenvalue weighted by molar-refractivity contribution is 5.70. The van der Waals surface area contributed by atoms with Gasteiger partial charge in [0, 0.05) is 19.6 Å². The van der Waals surface area contributed by atoms with Gasteiger partial charge in [-0.1, -0.05) is 12.1 Å². The van der Waals surface area contributed by atoms with E-state index in [1.165, 1.54) is 6.33 Å². The molecule has 1 saturated heterocycles. The number of methoxy groups -OCH3 is 2. The van der Waals surface area contributed by atoms with Crippen molar-refractivity contribution in [3.63, 3.8) is 0 Å². The van der Waals surface area contributed by atoms with Gasteiger partial charge in [-0.05, 0) is 18.1 Å². The number of para-hydroxylation sites is 1. The molecule has 0 radical (unpaired) electrons. The Kier molecular flexibility index (Phi) is 6.43. The van der Waals surface area contributed by atoms with Crippen molar-refractivity contribution in [2.45, 2.75) is 6.42 Å². The van der Waals surface area contributed by atoms with Crippen molar-refractivity contribution >= 4 is 17.3 Å². The molecule has 1 N–H and O–H groups in total. The predicted octanol–water partition coefficient (Wildman–Crippen LogP) is 1.89. The number of nitrogens with one attached hydrogen (secondary N) is 1. The number of anilines is 2. The van der Waals surface area contributed by atoms with Gasteiger partial charge in [0.1, 0.15) is 6.33 Å². The molecule has 0 atom stereocenters. The summed E-state index contributed by atoms with van der Waals surface area (Å²) in [6.07, 6.45) is 1.92. The van der Waals surface area contributed by atoms with Crippen molar-refractivity contribution < 1.29 is 19.1 Å². The number of benzene rings is 1. The second-order valence-corrected chi connectivity index (χ2v) is 6.08. The summed E-state index contributed by atoms with van der Waals surface area (Å²) >= 11 is 0. The summed E-state index contributed by atoms with van der Waals surface area (Å²) in [6.45, 7) is 2.57. The van der Waals surface area contributed by atoms with Crippen LogP contribution >= 0.6 is 0 Å². The summed E-state index contributed by atoms with van der Waals surface area (Å²) in [5.74, 6) is 1.80. The van der Waals surface area contributed by atoms with Gasteiger partial charge in [-0.25, -0.2) is 9.97 Å². The largest absolute Gasteiger partial charge is 0.493 e. The normalized spacial score (nSPS) is 13.9. The van der Waals surface area contributed by atoms with E-state index in [0.29, 0.717) is 56.6 Å². The minimum absolute atomic E-state index is 0.123. The SMILES string of the molecule is COc1cccc(CCNc2ncnc(N3CCOCC3)c2[N+](=O)[O-])c1OC. The Hall–Kier alpha value is -3.14. The molecule has 1 aliphatic heterocycles. The molecule has 1 aromatic carbocycles. The zero-order chi connectivity index (χ0) is 19.9. The maximum atomic E-state index is 11.7. The lowest BCUT2D eigenvalue weighted by Crippen LogP contribution is -2.37. The van der Waals surface area contributed by atoms with Crippen LogP contribution in [0.3, 0.4) is 0 Å². The molecule has 0 amide bonds. The molecule has 1 aliphatic rings. The molecule has 1 fully saturated rings. The molecule has 0 bridgehead atoms. The van der Waals surface area contributed by atoms with Crippen molar-refractivity contribution in [2.24, 2.45) is 0 Å². The van der Waals surface area contributed by atoms with E-state index in [-0.39, 0.29) is 11.5 Å². The van der Waals surface area contributed by atoms with Crippen molar-refractivity contribution in [1.82, 2.24) is 9.97 Å². The third kappa shape index (κ3) is 4.22. The number of hydrogen-bond acceptors (Lipinski definition) is 9. The Morgan fingerprint density at radius 1 is 1.25 bits per heavy atom. The van der Waals surface area contributed by atoms with Gasteiger partial charge in [0.15, 0.2) is 11.5 Å². The van der Waals surface area contributed by atoms with Crippen LogP contribution in [0.15, 0.2) is 24.5 Å². The quantitative estimate of drug-likeness (QED) is 0.534. The van der Waals surface area contributed by atoms with E-state index < -0.39 is 4.92 Å². The first-order valence-electron chi connectivity index (χ1n) is 8.91. The fourth-order valence-electron chi connectivity index (χ4n) is 3.14. The van der Waals surface area contributed by atoms with Crippen LogP contribution in [-0.2, 0) is 11.2 Å². The number of aromatic nitrogens is 2. The number of nitrogens with zero attached hydrogens (tertiary/aromatic N) is 4. The zero-order valence-corrected chi connectivity index (χ0v) is 15.9. The summed E-state index contributed by atoms with van der Waals surface area (Å²) in [6, 6.07) is 5.62. The van der Waals surface area contributed by atoms with Crippen LogP contribution in [0.5, 0.6) is 11.5 Å². The van der Waals surface area contributed by atoms with Gasteiger partial charge < -0.3 is 24.4 Å². The highest BCUT2D eigenvalue weighted by Crippen LogP contribution is 2.33. The highest BCUT2D eigenvalue weighted by atomic mass is 16.6. The second kappa shape index (κ2) is 9.18. The lowest BCUT2D eigenvalue weighted by Gasteiger charge is -2.27. The molecular formula is C18H23N5O5. The molecule has 0 saturated carbocycles. The first kappa shape index (κ1) is 19.6. The lowest BCUT2D eigenvalue weighted by atomic mass is 10.1. The van der Waals surface area contributed by atoms with Crippen molar-refractivity contribution in [2.75, 3.05) is 57.3 Å². The molecule has 0 spiro atoms. The van der Waals surface area contributed by atoms with E-state index in [0.717, 1.165) is 5.56 Å². The standard InChI is InChI=1S/C18H23N5O5/c1-26-14-5-3-4-13(16(14)27-2)6-7-19-17-15(23(24)25)18(21-12-20-17)22-8-10-28-11-9-22/h3-5,12H,6-11H2,1-2H3,(H,19,20,21). The monoisotopic (exact) mass is 389 g/mol. The maximum absolute atomic E-state index is 11.7. The lowest BCUT2D eigenvalue weighted by molar-refractivity contribution is -0.383. The Morgan fingerprint density at radius 2 is 2.04 bits per heavy atom. The number of ether oxygens (including phenoxy) is 3. The van der Waals surface area contributed by atoms with Gasteiger partial charge in [0.25, 0.3) is 0 Å². The molecule has 10 nitrogen and oxygen atoms in total. The summed E-state index contributed by atoms with van der Waals surface area (Å²) in [5, 5.41) is 14.8. The van der Waals surface area contributed by atoms with E-state index in [1.807, 2.05) is 23.1 Å². The molecule has 150 valence electrons. The van der Waals surface area contributed by atoms with Crippen LogP contribution in [-0.4, -0.2) is 62.0 Å². The first-order valence-corrected chi connectivity index (χ1v) is 8.91. The van der Waals surface area contributed by atoms with Crippen LogP contribution in [0, 0.1) is 10.1 Å². The minimum atomic E-state index is -0.445. The van der Waals surface area contributed by atoms with E-state index in [1.54, 1.807) is 14.2 Å². The predicted molar refractivity (Wildman–Crippen MR) is 103 cm³/mol. The molecule has 0 unspecified atom stereocenters. The maximum Gasteiger partial charge on any atom is 0.353 e. The van der Waals surface area contributed by atoms with Crippen molar-refractivity contribution in [3.05, 3.63) is 40.2 Å². The summed E-state index contributed by atoms with van der Waals surface area (Å²) in [5.41, 5.74) is 0.807. The van der Waals surface area contributed by atoms with Crippen LogP contribution in [0.25, 0.3) is 0 Å². The number of nitro groups is 1. The van der Waals surface area contributed by atoms with Gasteiger partial charge >= 0.3 is 5.69 Å². The van der Waals surface area contributed by atoms with E-state index in [4.69, 9.17) is 14.2 Å². The Labute approximate surface area is 162 Å². The highest BCUT2D eigenvalue weighted by Gasteiger charge is 2.28. The Morgan fingerprint density at radius 3 is 2.71 bits per heavy atom. The van der Waals surface area contributed by atoms with Gasteiger partial charge in [0.2, 0.25) is 11.6 Å². The molecule has 3 rings (SSSR count). The number of morpholine rings is 1. The van der Waals surface area contributed by atoms with Crippen molar-refractivity contribution in [3.8, 4) is 11.5 Å². The second-order valence-electron chi connectivity index (χ2n) is 6.08. The number of rotatable bonds is 8. The molecule has 2 heterocycles. The van der Waals surface area contributed by atoms with Crippen LogP contribution in [0.4, 0.5) is 17.3 Å². The zero-order valence-electron chi connectivity index (χ0n) is 15.9. The summed E-state index contributed by atoms with van der Waals surface area (Å²) < 4.78 is 16.0. The molecule has 2 aromatic rings. The number of hydrogen-bond donors (Lipinski definition) is 1. The van der Waals surface area contributed by atoms with Crippen molar-refractivity contribution in [1.29, 1.82) is 0 Å². The van der Waals surface area contributed by atoms with Gasteiger partial charge in [-0.2, -0.15) is 0 Å². The molecular weight excluding hydrogens is 366 g/mol. The van der Waals surface area contributed by atoms with Crippen LogP contribution in [0.1, 0.15) is 5.56 Å². The molecule has 28 heavy (non-hydrogen) atoms. The fraction of sp³-hybridized carbons (Fsp3) is 0.444. The average molecular weight is 389 g/mol. The average Bonchev–Trinajstić information content (AvgIpc) is 2.73. The summed E-state index contributed by atoms with van der Waals surface area (Å²) in [4.78, 5) is 21.3. The minimum Gasteiger partial charge on any atom is -0.493 e. The van der Waals surface area contributed by atoms with E-state index in [2.05, 4.69) is 15.3 Å². The van der Waals surface area contributed by atoms with Gasteiger partial charge in [-0.15, -0.1) is 0 Å². The third-order valence-corrected chi connectivity index (χ3v) is 4.47. The molecule has 10 heteroatoms. The van der Waals surface area contributed by atoms with Crippen LogP contribution < -0.4 is 19.7 Å². The van der Waals surface area contributed by atoms with Gasteiger partial charge in [0.05, 0.1) is 32.4 Å².